The zero-order valence-corrected chi connectivity index (χ0v) is 12.4. The van der Waals surface area contributed by atoms with Crippen LogP contribution in [0.1, 0.15) is 11.6 Å². The Balaban J connectivity index is 2.16. The first-order valence-corrected chi connectivity index (χ1v) is 7.14. The van der Waals surface area contributed by atoms with Crippen molar-refractivity contribution in [2.24, 2.45) is 11.8 Å². The molecule has 0 bridgehead atoms. The van der Waals surface area contributed by atoms with Crippen molar-refractivity contribution in [3.63, 3.8) is 0 Å². The Kier molecular flexibility index (Phi) is 3.55. The molecule has 4 unspecified atom stereocenters. The number of aliphatic carboxylic acids is 1. The number of halogens is 1. The van der Waals surface area contributed by atoms with Gasteiger partial charge in [-0.2, -0.15) is 0 Å². The molecule has 122 valence electrons. The van der Waals surface area contributed by atoms with Gasteiger partial charge in [-0.3, -0.25) is 25.0 Å². The fourth-order valence-electron chi connectivity index (χ4n) is 3.38. The molecule has 2 amide bonds. The van der Waals surface area contributed by atoms with Gasteiger partial charge >= 0.3 is 5.97 Å². The topological polar surface area (TPSA) is 136 Å². The fourth-order valence-corrected chi connectivity index (χ4v) is 3.56. The number of phenols is 1. The van der Waals surface area contributed by atoms with Crippen molar-refractivity contribution >= 4 is 29.4 Å². The SMILES string of the molecule is O=C1NC(=O)C2C1C(c1cc(Cl)ccc1O)NC2(CO)C(=O)O. The van der Waals surface area contributed by atoms with Gasteiger partial charge in [0.05, 0.1) is 18.4 Å². The second kappa shape index (κ2) is 5.19. The highest BCUT2D eigenvalue weighted by Crippen LogP contribution is 2.48. The highest BCUT2D eigenvalue weighted by molar-refractivity contribution is 6.30. The molecular weight excluding hydrogens is 328 g/mol. The van der Waals surface area contributed by atoms with Gasteiger partial charge in [-0.25, -0.2) is 0 Å². The molecule has 0 saturated carbocycles. The van der Waals surface area contributed by atoms with Crippen LogP contribution in [0.25, 0.3) is 0 Å². The number of nitrogens with one attached hydrogen (secondary N) is 2. The predicted octanol–water partition coefficient (Wildman–Crippen LogP) is -0.606. The fraction of sp³-hybridized carbons (Fsp3) is 0.357. The molecule has 0 spiro atoms. The van der Waals surface area contributed by atoms with Gasteiger partial charge in [0.1, 0.15) is 5.75 Å². The van der Waals surface area contributed by atoms with Gasteiger partial charge in [0.25, 0.3) is 0 Å². The van der Waals surface area contributed by atoms with Crippen LogP contribution in [0.2, 0.25) is 5.02 Å². The van der Waals surface area contributed by atoms with E-state index in [0.29, 0.717) is 0 Å². The van der Waals surface area contributed by atoms with Crippen LogP contribution in [0.15, 0.2) is 18.2 Å². The maximum absolute atomic E-state index is 12.1. The summed E-state index contributed by atoms with van der Waals surface area (Å²) in [6.45, 7) is -0.887. The first-order chi connectivity index (χ1) is 10.8. The number of carbonyl (C=O) groups is 3. The number of hydrogen-bond donors (Lipinski definition) is 5. The lowest BCUT2D eigenvalue weighted by atomic mass is 9.79. The summed E-state index contributed by atoms with van der Waals surface area (Å²) in [5.74, 6) is -5.45. The molecule has 2 aliphatic rings. The van der Waals surface area contributed by atoms with Crippen LogP contribution >= 0.6 is 11.6 Å². The number of aromatic hydroxyl groups is 1. The minimum Gasteiger partial charge on any atom is -0.508 e. The average molecular weight is 341 g/mol. The molecule has 2 aliphatic heterocycles. The molecule has 4 atom stereocenters. The third kappa shape index (κ3) is 2.10. The van der Waals surface area contributed by atoms with Crippen molar-refractivity contribution in [3.05, 3.63) is 28.8 Å². The van der Waals surface area contributed by atoms with Crippen molar-refractivity contribution in [1.82, 2.24) is 10.6 Å². The molecule has 9 heteroatoms. The van der Waals surface area contributed by atoms with Gasteiger partial charge < -0.3 is 15.3 Å². The number of benzene rings is 1. The number of imide groups is 1. The van der Waals surface area contributed by atoms with Gasteiger partial charge in [-0.05, 0) is 18.2 Å². The molecule has 1 aromatic carbocycles. The van der Waals surface area contributed by atoms with Crippen LogP contribution in [0.3, 0.4) is 0 Å². The minimum atomic E-state index is -2.01. The summed E-state index contributed by atoms with van der Waals surface area (Å²) in [6.07, 6.45) is 0. The molecule has 3 rings (SSSR count). The summed E-state index contributed by atoms with van der Waals surface area (Å²) in [7, 11) is 0. The number of aliphatic hydroxyl groups is 1. The number of rotatable bonds is 3. The van der Waals surface area contributed by atoms with E-state index in [1.807, 2.05) is 0 Å². The number of aliphatic hydroxyl groups excluding tert-OH is 1. The van der Waals surface area contributed by atoms with Gasteiger partial charge in [0.15, 0.2) is 5.54 Å². The number of amides is 2. The van der Waals surface area contributed by atoms with Crippen LogP contribution in [0.5, 0.6) is 5.75 Å². The number of carboxylic acid groups (broad SMARTS) is 1. The highest BCUT2D eigenvalue weighted by Gasteiger charge is 2.66. The van der Waals surface area contributed by atoms with Crippen LogP contribution in [0.4, 0.5) is 0 Å². The number of fused-ring (bicyclic) bond motifs is 1. The van der Waals surface area contributed by atoms with Crippen LogP contribution in [-0.4, -0.2) is 45.2 Å². The standard InChI is InChI=1S/C14H13ClN2O6/c15-5-1-2-7(19)6(3-5)10-8-9(12(21)16-11(8)20)14(4-18,17-10)13(22)23/h1-3,8-10,17-19H,4H2,(H,22,23)(H,16,20,21). The Morgan fingerprint density at radius 1 is 1.30 bits per heavy atom. The van der Waals surface area contributed by atoms with E-state index in [-0.39, 0.29) is 16.3 Å². The predicted molar refractivity (Wildman–Crippen MR) is 76.6 cm³/mol. The molecule has 2 heterocycles. The van der Waals surface area contributed by atoms with Crippen LogP contribution in [0, 0.1) is 11.8 Å². The largest absolute Gasteiger partial charge is 0.508 e. The lowest BCUT2D eigenvalue weighted by Crippen LogP contribution is -2.58. The first-order valence-electron chi connectivity index (χ1n) is 6.77. The van der Waals surface area contributed by atoms with Gasteiger partial charge in [-0.1, -0.05) is 11.6 Å². The Hall–Kier alpha value is -2.16. The zero-order valence-electron chi connectivity index (χ0n) is 11.6. The molecular formula is C14H13ClN2O6. The van der Waals surface area contributed by atoms with E-state index in [2.05, 4.69) is 10.6 Å². The third-order valence-electron chi connectivity index (χ3n) is 4.45. The maximum atomic E-state index is 12.1. The van der Waals surface area contributed by atoms with Gasteiger partial charge in [-0.15, -0.1) is 0 Å². The molecule has 23 heavy (non-hydrogen) atoms. The van der Waals surface area contributed by atoms with E-state index in [9.17, 15) is 29.7 Å². The second-order valence-corrected chi connectivity index (χ2v) is 6.05. The molecule has 2 fully saturated rings. The summed E-state index contributed by atoms with van der Waals surface area (Å²) in [4.78, 5) is 35.8. The summed E-state index contributed by atoms with van der Waals surface area (Å²) >= 11 is 5.90. The molecule has 5 N–H and O–H groups in total. The lowest BCUT2D eigenvalue weighted by molar-refractivity contribution is -0.151. The number of carbonyl (C=O) groups excluding carboxylic acids is 2. The molecule has 0 radical (unpaired) electrons. The third-order valence-corrected chi connectivity index (χ3v) is 4.68. The average Bonchev–Trinajstić information content (AvgIpc) is 2.99. The van der Waals surface area contributed by atoms with Gasteiger partial charge in [0, 0.05) is 16.6 Å². The van der Waals surface area contributed by atoms with E-state index in [1.165, 1.54) is 18.2 Å². The normalized spacial score (nSPS) is 32.7. The molecule has 8 nitrogen and oxygen atoms in total. The Labute approximate surface area is 135 Å². The summed E-state index contributed by atoms with van der Waals surface area (Å²) in [5.41, 5.74) is -1.82. The molecule has 0 aromatic heterocycles. The molecule has 1 aromatic rings. The monoisotopic (exact) mass is 340 g/mol. The number of phenolic OH excluding ortho intramolecular Hbond substituents is 1. The van der Waals surface area contributed by atoms with Crippen molar-refractivity contribution < 1.29 is 29.7 Å². The van der Waals surface area contributed by atoms with Crippen LogP contribution < -0.4 is 10.6 Å². The van der Waals surface area contributed by atoms with E-state index >= 15 is 0 Å². The highest BCUT2D eigenvalue weighted by atomic mass is 35.5. The van der Waals surface area contributed by atoms with E-state index in [1.54, 1.807) is 0 Å². The minimum absolute atomic E-state index is 0.189. The lowest BCUT2D eigenvalue weighted by Gasteiger charge is -2.27. The van der Waals surface area contributed by atoms with Crippen LogP contribution in [-0.2, 0) is 14.4 Å². The van der Waals surface area contributed by atoms with Crippen molar-refractivity contribution in [2.45, 2.75) is 11.6 Å². The summed E-state index contributed by atoms with van der Waals surface area (Å²) in [5, 5.41) is 34.1. The zero-order chi connectivity index (χ0) is 16.9. The van der Waals surface area contributed by atoms with Crippen molar-refractivity contribution in [2.75, 3.05) is 6.61 Å². The Morgan fingerprint density at radius 2 is 2.00 bits per heavy atom. The number of hydrogen-bond acceptors (Lipinski definition) is 6. The Morgan fingerprint density at radius 3 is 2.61 bits per heavy atom. The number of carboxylic acids is 1. The van der Waals surface area contributed by atoms with E-state index < -0.39 is 47.8 Å². The maximum Gasteiger partial charge on any atom is 0.327 e. The Bertz CT molecular complexity index is 723. The molecule has 2 saturated heterocycles. The van der Waals surface area contributed by atoms with Crippen molar-refractivity contribution in [1.29, 1.82) is 0 Å². The first kappa shape index (κ1) is 15.7. The van der Waals surface area contributed by atoms with E-state index in [0.717, 1.165) is 0 Å². The summed E-state index contributed by atoms with van der Waals surface area (Å²) < 4.78 is 0. The second-order valence-electron chi connectivity index (χ2n) is 5.62. The van der Waals surface area contributed by atoms with Crippen molar-refractivity contribution in [3.8, 4) is 5.75 Å². The summed E-state index contributed by atoms with van der Waals surface area (Å²) in [6, 6.07) is 3.15. The quantitative estimate of drug-likeness (QED) is 0.463. The smallest absolute Gasteiger partial charge is 0.327 e. The van der Waals surface area contributed by atoms with Gasteiger partial charge in [0.2, 0.25) is 11.8 Å². The van der Waals surface area contributed by atoms with E-state index in [4.69, 9.17) is 11.6 Å². The molecule has 0 aliphatic carbocycles.